The SMILES string of the molecule is COCCCn1c(C)cnc1C1CCN(Cc2ccc(C#N)cc2)C1. The lowest BCUT2D eigenvalue weighted by Gasteiger charge is -2.17. The fourth-order valence-corrected chi connectivity index (χ4v) is 3.59. The Kier molecular flexibility index (Phi) is 5.85. The first-order valence-electron chi connectivity index (χ1n) is 8.93. The number of hydrogen-bond acceptors (Lipinski definition) is 4. The standard InChI is InChI=1S/C20H26N4O/c1-16-13-22-20(24(16)9-3-11-25-2)19-8-10-23(15-19)14-18-6-4-17(12-21)5-7-18/h4-7,13,19H,3,8-11,14-15H2,1-2H3. The van der Waals surface area contributed by atoms with Crippen LogP contribution in [-0.2, 0) is 17.8 Å². The summed E-state index contributed by atoms with van der Waals surface area (Å²) in [6.45, 7) is 6.96. The van der Waals surface area contributed by atoms with Gasteiger partial charge < -0.3 is 9.30 Å². The Bertz CT molecular complexity index is 729. The molecule has 5 heteroatoms. The van der Waals surface area contributed by atoms with Gasteiger partial charge >= 0.3 is 0 Å². The highest BCUT2D eigenvalue weighted by Crippen LogP contribution is 2.28. The van der Waals surface area contributed by atoms with Gasteiger partial charge in [0, 0.05) is 51.2 Å². The third-order valence-electron chi connectivity index (χ3n) is 4.94. The van der Waals surface area contributed by atoms with Gasteiger partial charge in [-0.05, 0) is 44.0 Å². The number of nitrogens with zero attached hydrogens (tertiary/aromatic N) is 4. The Labute approximate surface area is 149 Å². The van der Waals surface area contributed by atoms with E-state index in [0.717, 1.165) is 51.2 Å². The molecule has 0 N–H and O–H groups in total. The van der Waals surface area contributed by atoms with Crippen LogP contribution < -0.4 is 0 Å². The van der Waals surface area contributed by atoms with E-state index >= 15 is 0 Å². The predicted molar refractivity (Wildman–Crippen MR) is 97.2 cm³/mol. The van der Waals surface area contributed by atoms with Crippen LogP contribution in [0.3, 0.4) is 0 Å². The summed E-state index contributed by atoms with van der Waals surface area (Å²) in [5.74, 6) is 1.71. The van der Waals surface area contributed by atoms with Crippen molar-refractivity contribution in [2.45, 2.75) is 38.8 Å². The number of likely N-dealkylation sites (tertiary alicyclic amines) is 1. The maximum atomic E-state index is 8.90. The number of imidazole rings is 1. The molecular formula is C20H26N4O. The van der Waals surface area contributed by atoms with Crippen LogP contribution in [0.4, 0.5) is 0 Å². The fourth-order valence-electron chi connectivity index (χ4n) is 3.59. The number of methoxy groups -OCH3 is 1. The van der Waals surface area contributed by atoms with Crippen molar-refractivity contribution in [3.8, 4) is 6.07 Å². The molecule has 1 aliphatic rings. The average Bonchev–Trinajstić information content (AvgIpc) is 3.23. The Balaban J connectivity index is 1.61. The number of aryl methyl sites for hydroxylation is 1. The Morgan fingerprint density at radius 2 is 2.12 bits per heavy atom. The van der Waals surface area contributed by atoms with Crippen LogP contribution in [-0.4, -0.2) is 41.3 Å². The number of aromatic nitrogens is 2. The van der Waals surface area contributed by atoms with E-state index in [2.05, 4.69) is 34.6 Å². The molecule has 1 aromatic carbocycles. The van der Waals surface area contributed by atoms with Crippen molar-refractivity contribution in [2.75, 3.05) is 26.8 Å². The second kappa shape index (κ2) is 8.28. The van der Waals surface area contributed by atoms with Crippen molar-refractivity contribution in [1.29, 1.82) is 5.26 Å². The third-order valence-corrected chi connectivity index (χ3v) is 4.94. The van der Waals surface area contributed by atoms with E-state index in [4.69, 9.17) is 15.0 Å². The summed E-state index contributed by atoms with van der Waals surface area (Å²) < 4.78 is 7.54. The molecule has 2 aromatic rings. The van der Waals surface area contributed by atoms with Crippen LogP contribution in [0.15, 0.2) is 30.5 Å². The molecule has 1 aromatic heterocycles. The number of hydrogen-bond donors (Lipinski definition) is 0. The molecule has 1 unspecified atom stereocenters. The second-order valence-electron chi connectivity index (χ2n) is 6.79. The highest BCUT2D eigenvalue weighted by molar-refractivity contribution is 5.31. The van der Waals surface area contributed by atoms with Gasteiger partial charge in [0.05, 0.1) is 11.6 Å². The summed E-state index contributed by atoms with van der Waals surface area (Å²) in [4.78, 5) is 7.18. The molecule has 0 radical (unpaired) electrons. The molecule has 25 heavy (non-hydrogen) atoms. The van der Waals surface area contributed by atoms with Crippen LogP contribution in [0.1, 0.15) is 41.4 Å². The van der Waals surface area contributed by atoms with Crippen LogP contribution in [0.2, 0.25) is 0 Å². The van der Waals surface area contributed by atoms with Gasteiger partial charge in [-0.2, -0.15) is 5.26 Å². The third kappa shape index (κ3) is 4.28. The minimum Gasteiger partial charge on any atom is -0.385 e. The van der Waals surface area contributed by atoms with Crippen molar-refractivity contribution in [1.82, 2.24) is 14.5 Å². The summed E-state index contributed by atoms with van der Waals surface area (Å²) in [6.07, 6.45) is 4.16. The van der Waals surface area contributed by atoms with Gasteiger partial charge in [0.25, 0.3) is 0 Å². The first-order chi connectivity index (χ1) is 12.2. The first-order valence-corrected chi connectivity index (χ1v) is 8.93. The molecule has 3 rings (SSSR count). The molecule has 0 amide bonds. The minimum absolute atomic E-state index is 0.495. The highest BCUT2D eigenvalue weighted by Gasteiger charge is 2.27. The Hall–Kier alpha value is -2.16. The van der Waals surface area contributed by atoms with Gasteiger partial charge in [-0.3, -0.25) is 4.90 Å². The number of nitriles is 1. The smallest absolute Gasteiger partial charge is 0.113 e. The molecule has 0 aliphatic carbocycles. The van der Waals surface area contributed by atoms with E-state index < -0.39 is 0 Å². The van der Waals surface area contributed by atoms with E-state index in [-0.39, 0.29) is 0 Å². The zero-order chi connectivity index (χ0) is 17.6. The lowest BCUT2D eigenvalue weighted by Crippen LogP contribution is -2.21. The van der Waals surface area contributed by atoms with Gasteiger partial charge in [-0.15, -0.1) is 0 Å². The summed E-state index contributed by atoms with van der Waals surface area (Å²) in [7, 11) is 1.75. The lowest BCUT2D eigenvalue weighted by atomic mass is 10.1. The van der Waals surface area contributed by atoms with Gasteiger partial charge in [0.2, 0.25) is 0 Å². The molecule has 1 fully saturated rings. The molecular weight excluding hydrogens is 312 g/mol. The maximum Gasteiger partial charge on any atom is 0.113 e. The largest absolute Gasteiger partial charge is 0.385 e. The summed E-state index contributed by atoms with van der Waals surface area (Å²) in [5, 5.41) is 8.90. The summed E-state index contributed by atoms with van der Waals surface area (Å²) in [5.41, 5.74) is 3.22. The van der Waals surface area contributed by atoms with E-state index in [1.165, 1.54) is 17.1 Å². The number of ether oxygens (including phenoxy) is 1. The van der Waals surface area contributed by atoms with Crippen molar-refractivity contribution in [3.05, 3.63) is 53.1 Å². The quantitative estimate of drug-likeness (QED) is 0.728. The Morgan fingerprint density at radius 1 is 1.32 bits per heavy atom. The van der Waals surface area contributed by atoms with E-state index in [9.17, 15) is 0 Å². The summed E-state index contributed by atoms with van der Waals surface area (Å²) >= 11 is 0. The number of benzene rings is 1. The van der Waals surface area contributed by atoms with Gasteiger partial charge in [0.15, 0.2) is 0 Å². The molecule has 2 heterocycles. The predicted octanol–water partition coefficient (Wildman–Crippen LogP) is 3.09. The number of rotatable bonds is 7. The fraction of sp³-hybridized carbons (Fsp3) is 0.500. The molecule has 5 nitrogen and oxygen atoms in total. The zero-order valence-corrected chi connectivity index (χ0v) is 15.1. The van der Waals surface area contributed by atoms with Gasteiger partial charge in [-0.1, -0.05) is 12.1 Å². The average molecular weight is 338 g/mol. The highest BCUT2D eigenvalue weighted by atomic mass is 16.5. The molecule has 0 bridgehead atoms. The first kappa shape index (κ1) is 17.7. The van der Waals surface area contributed by atoms with Gasteiger partial charge in [-0.25, -0.2) is 4.98 Å². The molecule has 1 saturated heterocycles. The van der Waals surface area contributed by atoms with Crippen LogP contribution in [0, 0.1) is 18.3 Å². The second-order valence-corrected chi connectivity index (χ2v) is 6.79. The van der Waals surface area contributed by atoms with Crippen LogP contribution >= 0.6 is 0 Å². The maximum absolute atomic E-state index is 8.90. The van der Waals surface area contributed by atoms with Crippen molar-refractivity contribution >= 4 is 0 Å². The van der Waals surface area contributed by atoms with E-state index in [1.807, 2.05) is 18.3 Å². The zero-order valence-electron chi connectivity index (χ0n) is 15.1. The Morgan fingerprint density at radius 3 is 2.84 bits per heavy atom. The molecule has 1 aliphatic heterocycles. The lowest BCUT2D eigenvalue weighted by molar-refractivity contribution is 0.189. The topological polar surface area (TPSA) is 54.1 Å². The van der Waals surface area contributed by atoms with Crippen molar-refractivity contribution in [3.63, 3.8) is 0 Å². The van der Waals surface area contributed by atoms with Gasteiger partial charge in [0.1, 0.15) is 5.82 Å². The van der Waals surface area contributed by atoms with E-state index in [0.29, 0.717) is 5.92 Å². The van der Waals surface area contributed by atoms with Crippen LogP contribution in [0.25, 0.3) is 0 Å². The van der Waals surface area contributed by atoms with E-state index in [1.54, 1.807) is 7.11 Å². The molecule has 132 valence electrons. The normalized spacial score (nSPS) is 17.7. The van der Waals surface area contributed by atoms with Crippen molar-refractivity contribution < 1.29 is 4.74 Å². The molecule has 1 atom stereocenters. The monoisotopic (exact) mass is 338 g/mol. The van der Waals surface area contributed by atoms with Crippen LogP contribution in [0.5, 0.6) is 0 Å². The molecule has 0 spiro atoms. The van der Waals surface area contributed by atoms with Crippen molar-refractivity contribution in [2.24, 2.45) is 0 Å². The summed E-state index contributed by atoms with van der Waals surface area (Å²) in [6, 6.07) is 10.1. The minimum atomic E-state index is 0.495. The molecule has 0 saturated carbocycles.